The van der Waals surface area contributed by atoms with E-state index in [2.05, 4.69) is 15.3 Å². The highest BCUT2D eigenvalue weighted by molar-refractivity contribution is 5.87. The van der Waals surface area contributed by atoms with Gasteiger partial charge in [0, 0.05) is 12.7 Å². The molecule has 0 spiro atoms. The van der Waals surface area contributed by atoms with Crippen molar-refractivity contribution in [2.75, 3.05) is 5.32 Å². The summed E-state index contributed by atoms with van der Waals surface area (Å²) in [5.74, 6) is -2.53. The van der Waals surface area contributed by atoms with Gasteiger partial charge in [-0.15, -0.1) is 0 Å². The van der Waals surface area contributed by atoms with Gasteiger partial charge in [-0.2, -0.15) is 17.6 Å². The maximum Gasteiger partial charge on any atom is 0.433 e. The second kappa shape index (κ2) is 5.96. The highest BCUT2D eigenvalue weighted by Crippen LogP contribution is 2.27. The van der Waals surface area contributed by atoms with Crippen molar-refractivity contribution in [2.45, 2.75) is 12.7 Å². The number of hydrogen-bond donors (Lipinski definition) is 2. The number of carboxylic acid groups (broad SMARTS) is 1. The van der Waals surface area contributed by atoms with Gasteiger partial charge in [-0.1, -0.05) is 6.07 Å². The predicted molar refractivity (Wildman–Crippen MR) is 67.7 cm³/mol. The lowest BCUT2D eigenvalue weighted by atomic mass is 10.2. The molecule has 116 valence electrons. The van der Waals surface area contributed by atoms with E-state index in [1.54, 1.807) is 0 Å². The first-order valence-electron chi connectivity index (χ1n) is 5.93. The molecule has 22 heavy (non-hydrogen) atoms. The van der Waals surface area contributed by atoms with Crippen LogP contribution < -0.4 is 5.32 Å². The van der Waals surface area contributed by atoms with E-state index in [9.17, 15) is 22.4 Å². The van der Waals surface area contributed by atoms with Gasteiger partial charge in [0.25, 0.3) is 0 Å². The van der Waals surface area contributed by atoms with Crippen LogP contribution in [-0.4, -0.2) is 21.0 Å². The van der Waals surface area contributed by atoms with Crippen LogP contribution in [0.2, 0.25) is 0 Å². The molecule has 0 aliphatic rings. The Morgan fingerprint density at radius 2 is 1.95 bits per heavy atom. The Morgan fingerprint density at radius 1 is 1.23 bits per heavy atom. The highest BCUT2D eigenvalue weighted by Gasteiger charge is 2.31. The molecule has 0 aliphatic heterocycles. The summed E-state index contributed by atoms with van der Waals surface area (Å²) >= 11 is 0. The number of nitrogens with one attached hydrogen (secondary N) is 1. The summed E-state index contributed by atoms with van der Waals surface area (Å²) in [6.45, 7) is 0.0595. The molecule has 0 bridgehead atoms. The Balaban J connectivity index is 2.04. The summed E-state index contributed by atoms with van der Waals surface area (Å²) in [5.41, 5.74) is -1.15. The minimum absolute atomic E-state index is 0.0578. The van der Waals surface area contributed by atoms with Crippen molar-refractivity contribution in [1.82, 2.24) is 9.97 Å². The largest absolute Gasteiger partial charge is 0.478 e. The molecule has 0 atom stereocenters. The van der Waals surface area contributed by atoms with Crippen LogP contribution in [-0.2, 0) is 12.7 Å². The van der Waals surface area contributed by atoms with E-state index in [0.717, 1.165) is 18.3 Å². The number of aromatic carboxylic acids is 1. The summed E-state index contributed by atoms with van der Waals surface area (Å²) in [6, 6.07) is 4.35. The molecule has 0 saturated carbocycles. The smallest absolute Gasteiger partial charge is 0.433 e. The van der Waals surface area contributed by atoms with E-state index in [0.29, 0.717) is 5.56 Å². The fourth-order valence-electron chi connectivity index (χ4n) is 1.58. The lowest BCUT2D eigenvalue weighted by Gasteiger charge is -2.08. The van der Waals surface area contributed by atoms with Gasteiger partial charge in [-0.25, -0.2) is 9.78 Å². The van der Waals surface area contributed by atoms with Crippen LogP contribution in [0.15, 0.2) is 30.5 Å². The van der Waals surface area contributed by atoms with Crippen molar-refractivity contribution in [3.05, 3.63) is 53.2 Å². The molecule has 9 heteroatoms. The first-order chi connectivity index (χ1) is 10.3. The summed E-state index contributed by atoms with van der Waals surface area (Å²) in [6.07, 6.45) is -3.47. The SMILES string of the molecule is O=C(O)c1ccc(NCc2ccc(C(F)(F)F)nc2)nc1F. The van der Waals surface area contributed by atoms with E-state index in [4.69, 9.17) is 5.11 Å². The van der Waals surface area contributed by atoms with Gasteiger partial charge in [0.1, 0.15) is 17.1 Å². The summed E-state index contributed by atoms with van der Waals surface area (Å²) < 4.78 is 50.4. The Kier molecular flexibility index (Phi) is 4.25. The average Bonchev–Trinajstić information content (AvgIpc) is 2.44. The zero-order valence-corrected chi connectivity index (χ0v) is 10.9. The van der Waals surface area contributed by atoms with Gasteiger partial charge in [-0.05, 0) is 23.8 Å². The van der Waals surface area contributed by atoms with E-state index in [1.165, 1.54) is 12.1 Å². The molecule has 0 aromatic carbocycles. The molecule has 5 nitrogen and oxygen atoms in total. The minimum Gasteiger partial charge on any atom is -0.478 e. The second-order valence-corrected chi connectivity index (χ2v) is 4.24. The number of pyridine rings is 2. The van der Waals surface area contributed by atoms with Crippen LogP contribution >= 0.6 is 0 Å². The van der Waals surface area contributed by atoms with Crippen molar-refractivity contribution in [3.8, 4) is 0 Å². The highest BCUT2D eigenvalue weighted by atomic mass is 19.4. The zero-order chi connectivity index (χ0) is 16.3. The standard InChI is InChI=1S/C13H9F4N3O2/c14-11-8(12(21)22)2-4-10(20-11)19-6-7-1-3-9(18-5-7)13(15,16)17/h1-5H,6H2,(H,19,20)(H,21,22). The number of halogens is 4. The number of nitrogens with zero attached hydrogens (tertiary/aromatic N) is 2. The molecular weight excluding hydrogens is 306 g/mol. The third kappa shape index (κ3) is 3.68. The first-order valence-corrected chi connectivity index (χ1v) is 5.93. The number of carboxylic acids is 1. The van der Waals surface area contributed by atoms with E-state index in [-0.39, 0.29) is 12.4 Å². The van der Waals surface area contributed by atoms with Crippen molar-refractivity contribution in [1.29, 1.82) is 0 Å². The molecule has 2 rings (SSSR count). The Bertz CT molecular complexity index is 687. The number of anilines is 1. The van der Waals surface area contributed by atoms with Crippen molar-refractivity contribution >= 4 is 11.8 Å². The number of carbonyl (C=O) groups is 1. The molecule has 0 amide bonds. The second-order valence-electron chi connectivity index (χ2n) is 4.24. The van der Waals surface area contributed by atoms with Crippen LogP contribution in [0.3, 0.4) is 0 Å². The van der Waals surface area contributed by atoms with Crippen LogP contribution in [0.1, 0.15) is 21.6 Å². The molecular formula is C13H9F4N3O2. The fourth-order valence-corrected chi connectivity index (χ4v) is 1.58. The molecule has 0 unspecified atom stereocenters. The molecule has 0 fully saturated rings. The molecule has 0 aliphatic carbocycles. The average molecular weight is 315 g/mol. The molecule has 2 N–H and O–H groups in total. The molecule has 2 aromatic heterocycles. The maximum atomic E-state index is 13.3. The first kappa shape index (κ1) is 15.7. The predicted octanol–water partition coefficient (Wildman–Crippen LogP) is 2.94. The monoisotopic (exact) mass is 315 g/mol. The lowest BCUT2D eigenvalue weighted by molar-refractivity contribution is -0.141. The number of alkyl halides is 3. The van der Waals surface area contributed by atoms with Crippen LogP contribution in [0, 0.1) is 5.95 Å². The Hall–Kier alpha value is -2.71. The normalized spacial score (nSPS) is 11.3. The van der Waals surface area contributed by atoms with Gasteiger partial charge in [0.05, 0.1) is 0 Å². The van der Waals surface area contributed by atoms with E-state index in [1.807, 2.05) is 0 Å². The number of hydrogen-bond acceptors (Lipinski definition) is 4. The third-order valence-electron chi connectivity index (χ3n) is 2.67. The quantitative estimate of drug-likeness (QED) is 0.670. The van der Waals surface area contributed by atoms with Crippen molar-refractivity contribution < 1.29 is 27.5 Å². The third-order valence-corrected chi connectivity index (χ3v) is 2.67. The van der Waals surface area contributed by atoms with Gasteiger partial charge in [-0.3, -0.25) is 4.98 Å². The fraction of sp³-hybridized carbons (Fsp3) is 0.154. The number of rotatable bonds is 4. The summed E-state index contributed by atoms with van der Waals surface area (Å²) in [7, 11) is 0. The topological polar surface area (TPSA) is 75.1 Å². The van der Waals surface area contributed by atoms with Crippen LogP contribution in [0.25, 0.3) is 0 Å². The lowest BCUT2D eigenvalue weighted by Crippen LogP contribution is -2.09. The van der Waals surface area contributed by atoms with Gasteiger partial charge in [0.15, 0.2) is 0 Å². The van der Waals surface area contributed by atoms with Gasteiger partial charge < -0.3 is 10.4 Å². The zero-order valence-electron chi connectivity index (χ0n) is 10.9. The van der Waals surface area contributed by atoms with Crippen LogP contribution in [0.5, 0.6) is 0 Å². The van der Waals surface area contributed by atoms with Gasteiger partial charge in [0.2, 0.25) is 5.95 Å². The molecule has 0 radical (unpaired) electrons. The molecule has 2 aromatic rings. The summed E-state index contributed by atoms with van der Waals surface area (Å²) in [4.78, 5) is 17.3. The Labute approximate surface area is 121 Å². The molecule has 0 saturated heterocycles. The van der Waals surface area contributed by atoms with Crippen molar-refractivity contribution in [2.24, 2.45) is 0 Å². The van der Waals surface area contributed by atoms with E-state index < -0.39 is 29.4 Å². The molecule has 2 heterocycles. The Morgan fingerprint density at radius 3 is 2.45 bits per heavy atom. The van der Waals surface area contributed by atoms with E-state index >= 15 is 0 Å². The summed E-state index contributed by atoms with van der Waals surface area (Å²) in [5, 5.41) is 11.3. The van der Waals surface area contributed by atoms with Gasteiger partial charge >= 0.3 is 12.1 Å². The van der Waals surface area contributed by atoms with Crippen molar-refractivity contribution in [3.63, 3.8) is 0 Å². The number of aromatic nitrogens is 2. The minimum atomic E-state index is -4.51. The van der Waals surface area contributed by atoms with Crippen LogP contribution in [0.4, 0.5) is 23.4 Å². The maximum absolute atomic E-state index is 13.3.